The lowest BCUT2D eigenvalue weighted by Crippen LogP contribution is -2.27. The quantitative estimate of drug-likeness (QED) is 0.181. The Hall–Kier alpha value is -4.57. The van der Waals surface area contributed by atoms with Gasteiger partial charge in [0.1, 0.15) is 23.9 Å². The number of halogens is 1. The van der Waals surface area contributed by atoms with Crippen LogP contribution in [0.4, 0.5) is 9.18 Å². The standard InChI is InChI=1S/C30H25FN2O6S/c1-18-14-21(15-27-28(34)32(30(36)40-27)16-24-12-13-26(39-24)29(35)37-3)19(2)33(18)22-8-10-23(11-9-22)38-17-20-6-4-5-7-25(20)31/h4-15H,16-17H2,1-3H3/b27-15+. The van der Waals surface area contributed by atoms with Gasteiger partial charge < -0.3 is 18.5 Å². The third kappa shape index (κ3) is 5.43. The molecule has 40 heavy (non-hydrogen) atoms. The van der Waals surface area contributed by atoms with E-state index in [4.69, 9.17) is 9.15 Å². The van der Waals surface area contributed by atoms with Gasteiger partial charge in [0.05, 0.1) is 18.6 Å². The molecule has 10 heteroatoms. The van der Waals surface area contributed by atoms with Crippen molar-refractivity contribution in [2.24, 2.45) is 0 Å². The Morgan fingerprint density at radius 2 is 1.80 bits per heavy atom. The fraction of sp³-hybridized carbons (Fsp3) is 0.167. The Kier molecular flexibility index (Phi) is 7.61. The number of amides is 2. The summed E-state index contributed by atoms with van der Waals surface area (Å²) in [5.41, 5.74) is 3.99. The number of methoxy groups -OCH3 is 1. The van der Waals surface area contributed by atoms with Gasteiger partial charge in [0, 0.05) is 22.6 Å². The molecular formula is C30H25FN2O6S. The number of hydrogen-bond acceptors (Lipinski definition) is 7. The van der Waals surface area contributed by atoms with Crippen LogP contribution in [0, 0.1) is 19.7 Å². The molecule has 4 aromatic rings. The van der Waals surface area contributed by atoms with Crippen LogP contribution in [-0.4, -0.2) is 33.7 Å². The first-order chi connectivity index (χ1) is 19.2. The van der Waals surface area contributed by atoms with Crippen LogP contribution in [0.25, 0.3) is 11.8 Å². The fourth-order valence-electron chi connectivity index (χ4n) is 4.41. The fourth-order valence-corrected chi connectivity index (χ4v) is 5.23. The molecule has 0 aliphatic carbocycles. The summed E-state index contributed by atoms with van der Waals surface area (Å²) < 4.78 is 31.7. The number of hydrogen-bond donors (Lipinski definition) is 0. The Morgan fingerprint density at radius 3 is 2.52 bits per heavy atom. The second-order valence-electron chi connectivity index (χ2n) is 9.06. The average Bonchev–Trinajstić information content (AvgIpc) is 3.61. The summed E-state index contributed by atoms with van der Waals surface area (Å²) in [4.78, 5) is 38.7. The summed E-state index contributed by atoms with van der Waals surface area (Å²) in [5, 5.41) is -0.424. The van der Waals surface area contributed by atoms with Crippen molar-refractivity contribution in [1.29, 1.82) is 0 Å². The second kappa shape index (κ2) is 11.3. The minimum atomic E-state index is -0.639. The van der Waals surface area contributed by atoms with Crippen LogP contribution in [0.1, 0.15) is 38.8 Å². The highest BCUT2D eigenvalue weighted by Crippen LogP contribution is 2.35. The van der Waals surface area contributed by atoms with Crippen molar-refractivity contribution >= 4 is 35.0 Å². The molecule has 2 aromatic carbocycles. The number of ether oxygens (including phenoxy) is 2. The lowest BCUT2D eigenvalue weighted by Gasteiger charge is -2.12. The maximum absolute atomic E-state index is 13.9. The molecule has 1 saturated heterocycles. The summed E-state index contributed by atoms with van der Waals surface area (Å²) in [6.07, 6.45) is 1.71. The van der Waals surface area contributed by atoms with Gasteiger partial charge in [0.15, 0.2) is 0 Å². The summed E-state index contributed by atoms with van der Waals surface area (Å²) >= 11 is 0.852. The normalized spacial score (nSPS) is 14.3. The number of thioether (sulfide) groups is 1. The lowest BCUT2D eigenvalue weighted by atomic mass is 10.2. The van der Waals surface area contributed by atoms with Gasteiger partial charge in [0.25, 0.3) is 11.1 Å². The zero-order chi connectivity index (χ0) is 28.4. The molecule has 1 aliphatic rings. The molecule has 204 valence electrons. The number of rotatable bonds is 8. The molecule has 0 N–H and O–H groups in total. The van der Waals surface area contributed by atoms with Gasteiger partial charge in [-0.25, -0.2) is 9.18 Å². The van der Waals surface area contributed by atoms with E-state index in [1.165, 1.54) is 25.3 Å². The molecule has 0 saturated carbocycles. The van der Waals surface area contributed by atoms with E-state index >= 15 is 0 Å². The average molecular weight is 561 g/mol. The molecule has 0 bridgehead atoms. The first kappa shape index (κ1) is 27.0. The number of aromatic nitrogens is 1. The van der Waals surface area contributed by atoms with Crippen molar-refractivity contribution in [2.75, 3.05) is 7.11 Å². The Morgan fingerprint density at radius 1 is 1.05 bits per heavy atom. The van der Waals surface area contributed by atoms with Crippen LogP contribution in [0.5, 0.6) is 5.75 Å². The molecule has 1 fully saturated rings. The molecule has 2 aromatic heterocycles. The van der Waals surface area contributed by atoms with Crippen molar-refractivity contribution in [1.82, 2.24) is 9.47 Å². The smallest absolute Gasteiger partial charge is 0.373 e. The van der Waals surface area contributed by atoms with E-state index < -0.39 is 17.1 Å². The Balaban J connectivity index is 1.30. The molecule has 5 rings (SSSR count). The number of imide groups is 1. The molecule has 0 radical (unpaired) electrons. The molecule has 0 unspecified atom stereocenters. The highest BCUT2D eigenvalue weighted by Gasteiger charge is 2.36. The summed E-state index contributed by atoms with van der Waals surface area (Å²) in [5.74, 6) is -0.483. The zero-order valence-corrected chi connectivity index (χ0v) is 22.8. The van der Waals surface area contributed by atoms with Crippen molar-refractivity contribution < 1.29 is 32.7 Å². The first-order valence-corrected chi connectivity index (χ1v) is 13.1. The molecule has 0 atom stereocenters. The highest BCUT2D eigenvalue weighted by atomic mass is 32.2. The first-order valence-electron chi connectivity index (χ1n) is 12.3. The number of benzene rings is 2. The largest absolute Gasteiger partial charge is 0.489 e. The second-order valence-corrected chi connectivity index (χ2v) is 10.1. The monoisotopic (exact) mass is 560 g/mol. The van der Waals surface area contributed by atoms with E-state index in [9.17, 15) is 18.8 Å². The van der Waals surface area contributed by atoms with Gasteiger partial charge in [-0.15, -0.1) is 0 Å². The van der Waals surface area contributed by atoms with Crippen LogP contribution < -0.4 is 4.74 Å². The van der Waals surface area contributed by atoms with E-state index in [0.29, 0.717) is 22.0 Å². The van der Waals surface area contributed by atoms with Crippen molar-refractivity contribution in [3.05, 3.63) is 111 Å². The SMILES string of the molecule is COC(=O)c1ccc(CN2C(=O)S/C(=C/c3cc(C)n(-c4ccc(OCc5ccccc5F)cc4)c3C)C2=O)o1. The number of nitrogens with zero attached hydrogens (tertiary/aromatic N) is 2. The van der Waals surface area contributed by atoms with E-state index in [1.807, 2.05) is 48.7 Å². The predicted molar refractivity (Wildman–Crippen MR) is 148 cm³/mol. The van der Waals surface area contributed by atoms with Crippen LogP contribution in [0.15, 0.2) is 76.1 Å². The van der Waals surface area contributed by atoms with Gasteiger partial charge in [-0.05, 0) is 85.8 Å². The van der Waals surface area contributed by atoms with Crippen LogP contribution in [0.3, 0.4) is 0 Å². The zero-order valence-electron chi connectivity index (χ0n) is 22.0. The maximum atomic E-state index is 13.9. The highest BCUT2D eigenvalue weighted by molar-refractivity contribution is 8.18. The maximum Gasteiger partial charge on any atom is 0.373 e. The number of esters is 1. The third-order valence-corrected chi connectivity index (χ3v) is 7.35. The van der Waals surface area contributed by atoms with Gasteiger partial charge >= 0.3 is 5.97 Å². The number of aryl methyl sites for hydroxylation is 1. The van der Waals surface area contributed by atoms with E-state index in [0.717, 1.165) is 39.3 Å². The third-order valence-electron chi connectivity index (χ3n) is 6.44. The molecule has 3 heterocycles. The molecule has 1 aliphatic heterocycles. The van der Waals surface area contributed by atoms with E-state index in [1.54, 1.807) is 24.3 Å². The van der Waals surface area contributed by atoms with Crippen molar-refractivity contribution in [3.8, 4) is 11.4 Å². The predicted octanol–water partition coefficient (Wildman–Crippen LogP) is 6.43. The summed E-state index contributed by atoms with van der Waals surface area (Å²) in [7, 11) is 1.24. The number of carbonyl (C=O) groups is 3. The van der Waals surface area contributed by atoms with Crippen LogP contribution in [-0.2, 0) is 22.7 Å². The van der Waals surface area contributed by atoms with Crippen molar-refractivity contribution in [2.45, 2.75) is 27.0 Å². The molecular weight excluding hydrogens is 535 g/mol. The van der Waals surface area contributed by atoms with Crippen LogP contribution >= 0.6 is 11.8 Å². The molecule has 2 amide bonds. The molecule has 0 spiro atoms. The van der Waals surface area contributed by atoms with Crippen LogP contribution in [0.2, 0.25) is 0 Å². The molecule has 8 nitrogen and oxygen atoms in total. The Labute approximate surface area is 234 Å². The summed E-state index contributed by atoms with van der Waals surface area (Å²) in [6.45, 7) is 3.92. The van der Waals surface area contributed by atoms with E-state index in [2.05, 4.69) is 4.74 Å². The topological polar surface area (TPSA) is 91.0 Å². The Bertz CT molecular complexity index is 1640. The number of furan rings is 1. The summed E-state index contributed by atoms with van der Waals surface area (Å²) in [6, 6.07) is 18.8. The van der Waals surface area contributed by atoms with E-state index in [-0.39, 0.29) is 24.7 Å². The van der Waals surface area contributed by atoms with Crippen molar-refractivity contribution in [3.63, 3.8) is 0 Å². The van der Waals surface area contributed by atoms with Gasteiger partial charge in [-0.3, -0.25) is 14.5 Å². The number of carbonyl (C=O) groups excluding carboxylic acids is 3. The minimum absolute atomic E-state index is 0.00265. The van der Waals surface area contributed by atoms with Gasteiger partial charge in [0.2, 0.25) is 5.76 Å². The minimum Gasteiger partial charge on any atom is -0.489 e. The van der Waals surface area contributed by atoms with Gasteiger partial charge in [-0.2, -0.15) is 0 Å². The lowest BCUT2D eigenvalue weighted by molar-refractivity contribution is -0.123. The van der Waals surface area contributed by atoms with Gasteiger partial charge in [-0.1, -0.05) is 18.2 Å².